The molecule has 0 spiro atoms. The quantitative estimate of drug-likeness (QED) is 0.746. The Kier molecular flexibility index (Phi) is 4.66. The van der Waals surface area contributed by atoms with E-state index in [0.29, 0.717) is 24.2 Å². The van der Waals surface area contributed by atoms with Crippen LogP contribution < -0.4 is 16.8 Å². The summed E-state index contributed by atoms with van der Waals surface area (Å²) < 4.78 is 1.62. The number of hydrogen-bond acceptors (Lipinski definition) is 4. The van der Waals surface area contributed by atoms with Crippen molar-refractivity contribution in [3.63, 3.8) is 0 Å². The van der Waals surface area contributed by atoms with Crippen LogP contribution >= 0.6 is 0 Å². The highest BCUT2D eigenvalue weighted by Crippen LogP contribution is 2.42. The Balaban J connectivity index is 1.56. The first-order valence-electron chi connectivity index (χ1n) is 8.41. The van der Waals surface area contributed by atoms with Crippen molar-refractivity contribution in [2.45, 2.75) is 51.1 Å². The number of hydrogen-bond donors (Lipinski definition) is 3. The van der Waals surface area contributed by atoms with E-state index in [1.54, 1.807) is 16.9 Å². The molecular formula is C16H25N5O2. The largest absolute Gasteiger partial charge is 0.370 e. The molecule has 2 bridgehead atoms. The predicted molar refractivity (Wildman–Crippen MR) is 86.2 cm³/mol. The molecule has 2 fully saturated rings. The van der Waals surface area contributed by atoms with Crippen molar-refractivity contribution < 1.29 is 9.59 Å². The van der Waals surface area contributed by atoms with Crippen LogP contribution in [-0.2, 0) is 16.1 Å². The molecule has 0 aliphatic heterocycles. The number of fused-ring (bicyclic) bond motifs is 2. The van der Waals surface area contributed by atoms with Gasteiger partial charge in [0.1, 0.15) is 0 Å². The van der Waals surface area contributed by atoms with E-state index in [-0.39, 0.29) is 30.2 Å². The lowest BCUT2D eigenvalue weighted by molar-refractivity contribution is -0.122. The van der Waals surface area contributed by atoms with Gasteiger partial charge >= 0.3 is 0 Å². The van der Waals surface area contributed by atoms with Gasteiger partial charge in [0.2, 0.25) is 11.8 Å². The molecule has 2 aliphatic rings. The van der Waals surface area contributed by atoms with E-state index in [1.807, 2.05) is 0 Å². The summed E-state index contributed by atoms with van der Waals surface area (Å²) in [4.78, 5) is 23.3. The first-order chi connectivity index (χ1) is 11.0. The third-order valence-corrected chi connectivity index (χ3v) is 5.26. The van der Waals surface area contributed by atoms with Crippen molar-refractivity contribution in [2.24, 2.45) is 29.2 Å². The zero-order valence-electron chi connectivity index (χ0n) is 13.3. The summed E-state index contributed by atoms with van der Waals surface area (Å²) in [6, 6.07) is 2.01. The van der Waals surface area contributed by atoms with Gasteiger partial charge in [-0.15, -0.1) is 0 Å². The van der Waals surface area contributed by atoms with Gasteiger partial charge in [-0.05, 0) is 37.5 Å². The number of nitrogens with two attached hydrogens (primary N) is 2. The number of carbonyl (C=O) groups is 2. The Bertz CT molecular complexity index is 571. The lowest BCUT2D eigenvalue weighted by Crippen LogP contribution is -2.48. The maximum atomic E-state index is 12.5. The van der Waals surface area contributed by atoms with Crippen LogP contribution in [0.15, 0.2) is 12.3 Å². The highest BCUT2D eigenvalue weighted by Gasteiger charge is 2.40. The summed E-state index contributed by atoms with van der Waals surface area (Å²) in [6.07, 6.45) is 7.26. The predicted octanol–water partition coefficient (Wildman–Crippen LogP) is 0.851. The fourth-order valence-electron chi connectivity index (χ4n) is 4.01. The number of amides is 2. The molecule has 5 N–H and O–H groups in total. The smallest absolute Gasteiger partial charge is 0.228 e. The number of nitrogens with zero attached hydrogens (tertiary/aromatic N) is 2. The fourth-order valence-corrected chi connectivity index (χ4v) is 4.01. The highest BCUT2D eigenvalue weighted by atomic mass is 16.2. The zero-order chi connectivity index (χ0) is 16.4. The van der Waals surface area contributed by atoms with Gasteiger partial charge in [0.15, 0.2) is 5.82 Å². The molecule has 7 heteroatoms. The van der Waals surface area contributed by atoms with Crippen molar-refractivity contribution in [3.8, 4) is 0 Å². The Morgan fingerprint density at radius 3 is 2.65 bits per heavy atom. The number of aromatic nitrogens is 2. The molecule has 23 heavy (non-hydrogen) atoms. The Labute approximate surface area is 135 Å². The van der Waals surface area contributed by atoms with Gasteiger partial charge in [-0.2, -0.15) is 5.10 Å². The van der Waals surface area contributed by atoms with Crippen molar-refractivity contribution in [1.29, 1.82) is 0 Å². The third kappa shape index (κ3) is 3.72. The van der Waals surface area contributed by atoms with Gasteiger partial charge in [-0.1, -0.05) is 6.42 Å². The van der Waals surface area contributed by atoms with Crippen LogP contribution in [0.1, 0.15) is 38.5 Å². The van der Waals surface area contributed by atoms with Crippen molar-refractivity contribution >= 4 is 17.6 Å². The van der Waals surface area contributed by atoms with Crippen molar-refractivity contribution in [2.75, 3.05) is 5.32 Å². The summed E-state index contributed by atoms with van der Waals surface area (Å²) in [7, 11) is 0. The second-order valence-electron chi connectivity index (χ2n) is 6.87. The van der Waals surface area contributed by atoms with Crippen molar-refractivity contribution in [3.05, 3.63) is 12.3 Å². The topological polar surface area (TPSA) is 116 Å². The average molecular weight is 319 g/mol. The lowest BCUT2D eigenvalue weighted by atomic mass is 9.65. The first kappa shape index (κ1) is 16.0. The van der Waals surface area contributed by atoms with E-state index >= 15 is 0 Å². The molecular weight excluding hydrogens is 294 g/mol. The summed E-state index contributed by atoms with van der Waals surface area (Å²) in [5, 5.41) is 7.15. The third-order valence-electron chi connectivity index (χ3n) is 5.26. The first-order valence-corrected chi connectivity index (χ1v) is 8.41. The Morgan fingerprint density at radius 1 is 1.30 bits per heavy atom. The van der Waals surface area contributed by atoms with Gasteiger partial charge in [0.05, 0.1) is 0 Å². The molecule has 1 heterocycles. The molecule has 2 unspecified atom stereocenters. The Morgan fingerprint density at radius 2 is 2.00 bits per heavy atom. The minimum absolute atomic E-state index is 0.0286. The minimum Gasteiger partial charge on any atom is -0.370 e. The van der Waals surface area contributed by atoms with Crippen LogP contribution in [0.3, 0.4) is 0 Å². The van der Waals surface area contributed by atoms with Crippen LogP contribution in [0.25, 0.3) is 0 Å². The molecule has 3 rings (SSSR count). The number of aryl methyl sites for hydroxylation is 1. The summed E-state index contributed by atoms with van der Waals surface area (Å²) >= 11 is 0. The van der Waals surface area contributed by atoms with E-state index in [1.165, 1.54) is 6.42 Å². The zero-order valence-corrected chi connectivity index (χ0v) is 13.3. The second kappa shape index (κ2) is 6.70. The molecule has 0 radical (unpaired) electrons. The molecule has 2 saturated carbocycles. The fraction of sp³-hybridized carbons (Fsp3) is 0.688. The minimum atomic E-state index is -0.365. The standard InChI is InChI=1S/C16H25N5O2/c17-13(22)4-6-21-7-5-14(20-21)19-16(23)12-8-10-2-1-3-11(9-12)15(10)18/h5,7,10-12,15H,1-4,6,8-9,18H2,(H2,17,22)(H,19,20,23). The van der Waals surface area contributed by atoms with Gasteiger partial charge in [-0.25, -0.2) is 0 Å². The summed E-state index contributed by atoms with van der Waals surface area (Å²) in [6.45, 7) is 0.424. The Hall–Kier alpha value is -1.89. The van der Waals surface area contributed by atoms with Gasteiger partial charge in [0.25, 0.3) is 0 Å². The van der Waals surface area contributed by atoms with E-state index in [2.05, 4.69) is 10.4 Å². The summed E-state index contributed by atoms with van der Waals surface area (Å²) in [5.74, 6) is 1.18. The average Bonchev–Trinajstić information content (AvgIpc) is 2.92. The molecule has 0 saturated heterocycles. The molecule has 2 atom stereocenters. The molecule has 0 aromatic carbocycles. The summed E-state index contributed by atoms with van der Waals surface area (Å²) in [5.41, 5.74) is 11.4. The number of rotatable bonds is 5. The van der Waals surface area contributed by atoms with Crippen LogP contribution in [0, 0.1) is 17.8 Å². The maximum absolute atomic E-state index is 12.5. The van der Waals surface area contributed by atoms with E-state index in [9.17, 15) is 9.59 Å². The highest BCUT2D eigenvalue weighted by molar-refractivity contribution is 5.91. The normalized spacial score (nSPS) is 30.0. The molecule has 1 aromatic rings. The van der Waals surface area contributed by atoms with Crippen LogP contribution in [0.5, 0.6) is 0 Å². The number of primary amides is 1. The van der Waals surface area contributed by atoms with E-state index < -0.39 is 0 Å². The lowest BCUT2D eigenvalue weighted by Gasteiger charge is -2.43. The number of carbonyl (C=O) groups excluding carboxylic acids is 2. The maximum Gasteiger partial charge on any atom is 0.228 e. The molecule has 1 aromatic heterocycles. The van der Waals surface area contributed by atoms with Gasteiger partial charge in [-0.3, -0.25) is 14.3 Å². The second-order valence-corrected chi connectivity index (χ2v) is 6.87. The van der Waals surface area contributed by atoms with E-state index in [0.717, 1.165) is 25.7 Å². The monoisotopic (exact) mass is 319 g/mol. The molecule has 2 aliphatic carbocycles. The van der Waals surface area contributed by atoms with Crippen LogP contribution in [-0.4, -0.2) is 27.6 Å². The van der Waals surface area contributed by atoms with E-state index in [4.69, 9.17) is 11.5 Å². The number of anilines is 1. The van der Waals surface area contributed by atoms with Gasteiger partial charge in [0, 0.05) is 37.2 Å². The molecule has 2 amide bonds. The molecule has 7 nitrogen and oxygen atoms in total. The SMILES string of the molecule is NC(=O)CCn1ccc(NC(=O)C2CC3CCCC(C2)C3N)n1. The van der Waals surface area contributed by atoms with Crippen molar-refractivity contribution in [1.82, 2.24) is 9.78 Å². The van der Waals surface area contributed by atoms with Crippen LogP contribution in [0.4, 0.5) is 5.82 Å². The van der Waals surface area contributed by atoms with Gasteiger partial charge < -0.3 is 16.8 Å². The molecule has 126 valence electrons. The van der Waals surface area contributed by atoms with Crippen LogP contribution in [0.2, 0.25) is 0 Å². The number of nitrogens with one attached hydrogen (secondary N) is 1.